The summed E-state index contributed by atoms with van der Waals surface area (Å²) in [5.41, 5.74) is -1.90. The largest absolute Gasteiger partial charge is 0.321 e. The summed E-state index contributed by atoms with van der Waals surface area (Å²) in [4.78, 5) is 12.1. The van der Waals surface area contributed by atoms with Crippen molar-refractivity contribution in [1.82, 2.24) is 5.32 Å². The Hall–Kier alpha value is -1.63. The van der Waals surface area contributed by atoms with Crippen molar-refractivity contribution in [3.05, 3.63) is 29.3 Å². The van der Waals surface area contributed by atoms with E-state index in [0.717, 1.165) is 0 Å². The van der Waals surface area contributed by atoms with Crippen molar-refractivity contribution >= 4 is 11.6 Å². The minimum atomic E-state index is -1.60. The third-order valence-corrected chi connectivity index (χ3v) is 3.61. The molecule has 0 bridgehead atoms. The van der Waals surface area contributed by atoms with E-state index < -0.39 is 40.3 Å². The van der Waals surface area contributed by atoms with Gasteiger partial charge in [0, 0.05) is 11.5 Å². The molecular formula is C13H14F4N2O. The molecule has 1 heterocycles. The van der Waals surface area contributed by atoms with Gasteiger partial charge >= 0.3 is 0 Å². The van der Waals surface area contributed by atoms with E-state index in [9.17, 15) is 22.4 Å². The van der Waals surface area contributed by atoms with E-state index in [1.54, 1.807) is 6.92 Å². The van der Waals surface area contributed by atoms with Gasteiger partial charge in [-0.1, -0.05) is 6.92 Å². The summed E-state index contributed by atoms with van der Waals surface area (Å²) in [5, 5.41) is 5.03. The molecule has 0 radical (unpaired) electrons. The van der Waals surface area contributed by atoms with Crippen LogP contribution in [0.3, 0.4) is 0 Å². The molecule has 2 rings (SSSR count). The van der Waals surface area contributed by atoms with Crippen LogP contribution in [0.2, 0.25) is 0 Å². The van der Waals surface area contributed by atoms with Gasteiger partial charge in [0.1, 0.15) is 5.69 Å². The van der Waals surface area contributed by atoms with Crippen molar-refractivity contribution in [3.63, 3.8) is 0 Å². The molecule has 2 N–H and O–H groups in total. The molecule has 0 atom stereocenters. The van der Waals surface area contributed by atoms with Crippen LogP contribution in [0.1, 0.15) is 19.8 Å². The molecule has 1 saturated heterocycles. The van der Waals surface area contributed by atoms with Crippen molar-refractivity contribution in [2.45, 2.75) is 19.8 Å². The zero-order valence-electron chi connectivity index (χ0n) is 10.8. The Kier molecular flexibility index (Phi) is 3.99. The molecule has 0 aromatic heterocycles. The zero-order chi connectivity index (χ0) is 14.9. The Bertz CT molecular complexity index is 515. The van der Waals surface area contributed by atoms with Crippen molar-refractivity contribution in [3.8, 4) is 0 Å². The van der Waals surface area contributed by atoms with E-state index in [0.29, 0.717) is 25.9 Å². The lowest BCUT2D eigenvalue weighted by atomic mass is 9.80. The normalized spacial score (nSPS) is 17.9. The molecule has 0 unspecified atom stereocenters. The number of benzene rings is 1. The average Bonchev–Trinajstić information content (AvgIpc) is 2.42. The summed E-state index contributed by atoms with van der Waals surface area (Å²) in [6.07, 6.45) is 0.944. The highest BCUT2D eigenvalue weighted by molar-refractivity contribution is 5.95. The van der Waals surface area contributed by atoms with Crippen LogP contribution in [0, 0.1) is 28.7 Å². The molecule has 1 aromatic carbocycles. The Morgan fingerprint density at radius 3 is 2.15 bits per heavy atom. The van der Waals surface area contributed by atoms with Gasteiger partial charge in [0.25, 0.3) is 0 Å². The number of piperidine rings is 1. The van der Waals surface area contributed by atoms with Gasteiger partial charge in [0.15, 0.2) is 23.3 Å². The first-order chi connectivity index (χ1) is 9.35. The van der Waals surface area contributed by atoms with Crippen LogP contribution in [-0.2, 0) is 4.79 Å². The third kappa shape index (κ3) is 2.63. The molecule has 1 aromatic rings. The molecule has 7 heteroatoms. The summed E-state index contributed by atoms with van der Waals surface area (Å²) in [5.74, 6) is -6.95. The Morgan fingerprint density at radius 1 is 1.15 bits per heavy atom. The smallest absolute Gasteiger partial charge is 0.230 e. The van der Waals surface area contributed by atoms with Gasteiger partial charge in [-0.15, -0.1) is 0 Å². The Balaban J connectivity index is 2.28. The van der Waals surface area contributed by atoms with Crippen LogP contribution in [0.15, 0.2) is 6.07 Å². The molecule has 20 heavy (non-hydrogen) atoms. The number of carbonyl (C=O) groups excluding carboxylic acids is 1. The summed E-state index contributed by atoms with van der Waals surface area (Å²) >= 11 is 0. The Morgan fingerprint density at radius 2 is 1.65 bits per heavy atom. The molecule has 0 spiro atoms. The quantitative estimate of drug-likeness (QED) is 0.649. The van der Waals surface area contributed by atoms with Crippen molar-refractivity contribution < 1.29 is 22.4 Å². The number of anilines is 1. The molecule has 1 aliphatic heterocycles. The number of amides is 1. The van der Waals surface area contributed by atoms with Crippen LogP contribution < -0.4 is 10.6 Å². The molecular weight excluding hydrogens is 276 g/mol. The van der Waals surface area contributed by atoms with Gasteiger partial charge in [-0.05, 0) is 25.9 Å². The Labute approximate surface area is 113 Å². The predicted molar refractivity (Wildman–Crippen MR) is 65.1 cm³/mol. The summed E-state index contributed by atoms with van der Waals surface area (Å²) in [7, 11) is 0. The zero-order valence-corrected chi connectivity index (χ0v) is 10.8. The SMILES string of the molecule is CC1(C(=O)Nc2c(F)c(F)cc(F)c2F)CCNCC1. The highest BCUT2D eigenvalue weighted by Gasteiger charge is 2.36. The van der Waals surface area contributed by atoms with Crippen LogP contribution in [0.5, 0.6) is 0 Å². The predicted octanol–water partition coefficient (Wildman–Crippen LogP) is 2.57. The molecule has 3 nitrogen and oxygen atoms in total. The van der Waals surface area contributed by atoms with E-state index in [-0.39, 0.29) is 6.07 Å². The van der Waals surface area contributed by atoms with Crippen molar-refractivity contribution in [1.29, 1.82) is 0 Å². The number of rotatable bonds is 2. The lowest BCUT2D eigenvalue weighted by Crippen LogP contribution is -2.43. The highest BCUT2D eigenvalue weighted by atomic mass is 19.2. The highest BCUT2D eigenvalue weighted by Crippen LogP contribution is 2.31. The number of nitrogens with one attached hydrogen (secondary N) is 2. The summed E-state index contributed by atoms with van der Waals surface area (Å²) in [6.45, 7) is 2.83. The maximum Gasteiger partial charge on any atom is 0.230 e. The molecule has 1 aliphatic rings. The van der Waals surface area contributed by atoms with Crippen LogP contribution >= 0.6 is 0 Å². The first-order valence-electron chi connectivity index (χ1n) is 6.20. The summed E-state index contributed by atoms with van der Waals surface area (Å²) in [6, 6.07) is 0.104. The fourth-order valence-electron chi connectivity index (χ4n) is 2.15. The van der Waals surface area contributed by atoms with Crippen LogP contribution in [0.4, 0.5) is 23.2 Å². The molecule has 0 saturated carbocycles. The second kappa shape index (κ2) is 5.40. The number of hydrogen-bond acceptors (Lipinski definition) is 2. The number of hydrogen-bond donors (Lipinski definition) is 2. The van der Waals surface area contributed by atoms with Gasteiger partial charge in [0.2, 0.25) is 5.91 Å². The maximum atomic E-state index is 13.5. The second-order valence-electron chi connectivity index (χ2n) is 5.11. The van der Waals surface area contributed by atoms with Gasteiger partial charge in [-0.3, -0.25) is 4.79 Å². The number of carbonyl (C=O) groups is 1. The fraction of sp³-hybridized carbons (Fsp3) is 0.462. The minimum Gasteiger partial charge on any atom is -0.321 e. The maximum absolute atomic E-state index is 13.5. The van der Waals surface area contributed by atoms with E-state index in [4.69, 9.17) is 0 Å². The lowest BCUT2D eigenvalue weighted by molar-refractivity contribution is -0.126. The van der Waals surface area contributed by atoms with E-state index in [1.165, 1.54) is 0 Å². The third-order valence-electron chi connectivity index (χ3n) is 3.61. The van der Waals surface area contributed by atoms with Gasteiger partial charge < -0.3 is 10.6 Å². The molecule has 1 amide bonds. The van der Waals surface area contributed by atoms with Crippen LogP contribution in [-0.4, -0.2) is 19.0 Å². The average molecular weight is 290 g/mol. The topological polar surface area (TPSA) is 41.1 Å². The minimum absolute atomic E-state index is 0.104. The number of halogens is 4. The van der Waals surface area contributed by atoms with E-state index >= 15 is 0 Å². The molecule has 0 aliphatic carbocycles. The van der Waals surface area contributed by atoms with E-state index in [1.807, 2.05) is 5.32 Å². The first kappa shape index (κ1) is 14.8. The monoisotopic (exact) mass is 290 g/mol. The van der Waals surface area contributed by atoms with Gasteiger partial charge in [0.05, 0.1) is 0 Å². The van der Waals surface area contributed by atoms with Crippen molar-refractivity contribution in [2.24, 2.45) is 5.41 Å². The summed E-state index contributed by atoms with van der Waals surface area (Å²) < 4.78 is 53.1. The molecule has 110 valence electrons. The standard InChI is InChI=1S/C13H14F4N2O/c1-13(2-4-18-5-3-13)12(20)19-11-9(16)7(14)6-8(15)10(11)17/h6,18H,2-5H2,1H3,(H,19,20). The van der Waals surface area contributed by atoms with Gasteiger partial charge in [-0.2, -0.15) is 0 Å². The molecule has 1 fully saturated rings. The van der Waals surface area contributed by atoms with Crippen molar-refractivity contribution in [2.75, 3.05) is 18.4 Å². The van der Waals surface area contributed by atoms with E-state index in [2.05, 4.69) is 5.32 Å². The lowest BCUT2D eigenvalue weighted by Gasteiger charge is -2.32. The second-order valence-corrected chi connectivity index (χ2v) is 5.11. The fourth-order valence-corrected chi connectivity index (χ4v) is 2.15. The van der Waals surface area contributed by atoms with Gasteiger partial charge in [-0.25, -0.2) is 17.6 Å². The first-order valence-corrected chi connectivity index (χ1v) is 6.20. The van der Waals surface area contributed by atoms with Crippen LogP contribution in [0.25, 0.3) is 0 Å².